The van der Waals surface area contributed by atoms with Crippen molar-refractivity contribution >= 4 is 11.8 Å². The first kappa shape index (κ1) is 18.2. The third-order valence-electron chi connectivity index (χ3n) is 5.67. The molecular formula is C19H26N4O4. The molecule has 0 N–H and O–H groups in total. The predicted molar refractivity (Wildman–Crippen MR) is 97.3 cm³/mol. The number of amides is 2. The third-order valence-corrected chi connectivity index (χ3v) is 5.67. The van der Waals surface area contributed by atoms with E-state index in [-0.39, 0.29) is 23.5 Å². The summed E-state index contributed by atoms with van der Waals surface area (Å²) in [7, 11) is 0. The number of aromatic nitrogens is 2. The molecule has 0 spiro atoms. The summed E-state index contributed by atoms with van der Waals surface area (Å²) in [5.41, 5.74) is 0.633. The molecule has 146 valence electrons. The molecule has 0 radical (unpaired) electrons. The molecule has 1 aliphatic carbocycles. The number of piperazine rings is 1. The van der Waals surface area contributed by atoms with Crippen molar-refractivity contribution in [3.63, 3.8) is 0 Å². The summed E-state index contributed by atoms with van der Waals surface area (Å²) in [6.45, 7) is 4.31. The van der Waals surface area contributed by atoms with Crippen molar-refractivity contribution in [2.45, 2.75) is 50.7 Å². The van der Waals surface area contributed by atoms with Crippen molar-refractivity contribution in [1.82, 2.24) is 19.6 Å². The maximum Gasteiger partial charge on any atom is 0.267 e. The quantitative estimate of drug-likeness (QED) is 0.768. The van der Waals surface area contributed by atoms with Gasteiger partial charge in [0.15, 0.2) is 0 Å². The van der Waals surface area contributed by atoms with Crippen LogP contribution in [0.4, 0.5) is 0 Å². The monoisotopic (exact) mass is 374 g/mol. The molecule has 0 unspecified atom stereocenters. The Labute approximate surface area is 158 Å². The molecule has 3 fully saturated rings. The van der Waals surface area contributed by atoms with Crippen molar-refractivity contribution in [3.05, 3.63) is 28.2 Å². The van der Waals surface area contributed by atoms with Crippen LogP contribution in [0.5, 0.6) is 0 Å². The molecule has 3 aliphatic rings. The van der Waals surface area contributed by atoms with Gasteiger partial charge in [-0.1, -0.05) is 0 Å². The van der Waals surface area contributed by atoms with Crippen molar-refractivity contribution in [2.75, 3.05) is 32.8 Å². The van der Waals surface area contributed by atoms with Crippen molar-refractivity contribution in [2.24, 2.45) is 0 Å². The molecule has 1 aromatic heterocycles. The van der Waals surface area contributed by atoms with Crippen LogP contribution >= 0.6 is 0 Å². The van der Waals surface area contributed by atoms with Gasteiger partial charge in [-0.05, 0) is 38.7 Å². The van der Waals surface area contributed by atoms with E-state index in [4.69, 9.17) is 4.74 Å². The summed E-state index contributed by atoms with van der Waals surface area (Å²) in [5, 5.41) is 4.42. The lowest BCUT2D eigenvalue weighted by atomic mass is 10.2. The molecule has 2 amide bonds. The molecule has 4 rings (SSSR count). The topological polar surface area (TPSA) is 84.7 Å². The Morgan fingerprint density at radius 1 is 1.11 bits per heavy atom. The summed E-state index contributed by atoms with van der Waals surface area (Å²) in [4.78, 5) is 41.0. The molecule has 8 nitrogen and oxygen atoms in total. The average molecular weight is 374 g/mol. The Bertz CT molecular complexity index is 774. The maximum atomic E-state index is 12.9. The van der Waals surface area contributed by atoms with E-state index in [0.717, 1.165) is 31.4 Å². The van der Waals surface area contributed by atoms with Crippen LogP contribution in [0.2, 0.25) is 0 Å². The Balaban J connectivity index is 1.38. The van der Waals surface area contributed by atoms with Crippen LogP contribution in [0.1, 0.15) is 50.3 Å². The maximum absolute atomic E-state index is 12.9. The van der Waals surface area contributed by atoms with Gasteiger partial charge in [0.05, 0.1) is 5.69 Å². The molecule has 8 heteroatoms. The fourth-order valence-corrected chi connectivity index (χ4v) is 3.81. The highest BCUT2D eigenvalue weighted by Gasteiger charge is 2.33. The molecule has 1 saturated carbocycles. The van der Waals surface area contributed by atoms with Crippen LogP contribution in [0, 0.1) is 0 Å². The van der Waals surface area contributed by atoms with Gasteiger partial charge >= 0.3 is 0 Å². The van der Waals surface area contributed by atoms with Gasteiger partial charge in [-0.3, -0.25) is 14.4 Å². The van der Waals surface area contributed by atoms with E-state index in [0.29, 0.717) is 38.7 Å². The van der Waals surface area contributed by atoms with Crippen molar-refractivity contribution in [1.29, 1.82) is 0 Å². The van der Waals surface area contributed by atoms with Gasteiger partial charge in [0.1, 0.15) is 12.1 Å². The van der Waals surface area contributed by atoms with E-state index in [1.54, 1.807) is 22.8 Å². The highest BCUT2D eigenvalue weighted by Crippen LogP contribution is 2.38. The molecule has 2 aliphatic heterocycles. The van der Waals surface area contributed by atoms with Gasteiger partial charge < -0.3 is 14.5 Å². The zero-order valence-corrected chi connectivity index (χ0v) is 15.7. The smallest absolute Gasteiger partial charge is 0.267 e. The normalized spacial score (nSPS) is 24.1. The van der Waals surface area contributed by atoms with E-state index in [2.05, 4.69) is 5.10 Å². The van der Waals surface area contributed by atoms with Gasteiger partial charge in [0, 0.05) is 44.8 Å². The molecule has 27 heavy (non-hydrogen) atoms. The minimum atomic E-state index is -0.642. The lowest BCUT2D eigenvalue weighted by molar-refractivity contribution is -0.147. The van der Waals surface area contributed by atoms with E-state index >= 15 is 0 Å². The largest absolute Gasteiger partial charge is 0.368 e. The number of hydrogen-bond acceptors (Lipinski definition) is 5. The minimum Gasteiger partial charge on any atom is -0.368 e. The van der Waals surface area contributed by atoms with Crippen LogP contribution in [-0.4, -0.2) is 70.3 Å². The van der Waals surface area contributed by atoms with Gasteiger partial charge in [0.2, 0.25) is 5.91 Å². The number of carbonyl (C=O) groups excluding carboxylic acids is 2. The first-order chi connectivity index (χ1) is 13.0. The summed E-state index contributed by atoms with van der Waals surface area (Å²) < 4.78 is 6.77. The molecule has 2 saturated heterocycles. The molecule has 0 aromatic carbocycles. The second-order valence-electron chi connectivity index (χ2n) is 7.64. The SMILES string of the molecule is C[C@H](C(=O)N1CCN(C(=O)[C@@H]2CCCO2)CC1)n1nc(C2CC2)ccc1=O. The number of nitrogens with zero attached hydrogens (tertiary/aromatic N) is 4. The van der Waals surface area contributed by atoms with Crippen LogP contribution in [-0.2, 0) is 14.3 Å². The van der Waals surface area contributed by atoms with Crippen molar-refractivity contribution in [3.8, 4) is 0 Å². The number of rotatable bonds is 4. The van der Waals surface area contributed by atoms with Crippen LogP contribution < -0.4 is 5.56 Å². The molecule has 2 atom stereocenters. The van der Waals surface area contributed by atoms with Gasteiger partial charge in [-0.25, -0.2) is 4.68 Å². The van der Waals surface area contributed by atoms with Crippen LogP contribution in [0.25, 0.3) is 0 Å². The number of hydrogen-bond donors (Lipinski definition) is 0. The Morgan fingerprint density at radius 3 is 2.44 bits per heavy atom. The zero-order valence-electron chi connectivity index (χ0n) is 15.7. The standard InChI is InChI=1S/C19H26N4O4/c1-13(23-17(24)7-6-15(20-23)14-4-5-14)18(25)21-8-10-22(11-9-21)19(26)16-3-2-12-27-16/h6-7,13-14,16H,2-5,8-12H2,1H3/t13-,16+/m1/s1. The Morgan fingerprint density at radius 2 is 1.81 bits per heavy atom. The van der Waals surface area contributed by atoms with Gasteiger partial charge in [0.25, 0.3) is 11.5 Å². The second kappa shape index (κ2) is 7.42. The first-order valence-electron chi connectivity index (χ1n) is 9.83. The first-order valence-corrected chi connectivity index (χ1v) is 9.83. The van der Waals surface area contributed by atoms with E-state index in [1.165, 1.54) is 10.7 Å². The summed E-state index contributed by atoms with van der Waals surface area (Å²) >= 11 is 0. The lowest BCUT2D eigenvalue weighted by Gasteiger charge is -2.36. The zero-order chi connectivity index (χ0) is 19.0. The van der Waals surface area contributed by atoms with Crippen molar-refractivity contribution < 1.29 is 14.3 Å². The van der Waals surface area contributed by atoms with Crippen LogP contribution in [0.3, 0.4) is 0 Å². The second-order valence-corrected chi connectivity index (χ2v) is 7.64. The Kier molecular flexibility index (Phi) is 4.99. The highest BCUT2D eigenvalue weighted by molar-refractivity contribution is 5.82. The van der Waals surface area contributed by atoms with E-state index in [1.807, 2.05) is 0 Å². The van der Waals surface area contributed by atoms with E-state index in [9.17, 15) is 14.4 Å². The lowest BCUT2D eigenvalue weighted by Crippen LogP contribution is -2.54. The third kappa shape index (κ3) is 3.76. The number of carbonyl (C=O) groups is 2. The average Bonchev–Trinajstić information content (AvgIpc) is 3.40. The molecule has 0 bridgehead atoms. The van der Waals surface area contributed by atoms with Crippen LogP contribution in [0.15, 0.2) is 16.9 Å². The van der Waals surface area contributed by atoms with Gasteiger partial charge in [-0.15, -0.1) is 0 Å². The van der Waals surface area contributed by atoms with Gasteiger partial charge in [-0.2, -0.15) is 5.10 Å². The highest BCUT2D eigenvalue weighted by atomic mass is 16.5. The fraction of sp³-hybridized carbons (Fsp3) is 0.684. The summed E-state index contributed by atoms with van der Waals surface area (Å²) in [5.74, 6) is 0.330. The summed E-state index contributed by atoms with van der Waals surface area (Å²) in [6, 6.07) is 2.63. The van der Waals surface area contributed by atoms with E-state index < -0.39 is 6.04 Å². The fourth-order valence-electron chi connectivity index (χ4n) is 3.81. The minimum absolute atomic E-state index is 0.0302. The Hall–Kier alpha value is -2.22. The number of ether oxygens (including phenoxy) is 1. The molecule has 3 heterocycles. The molecular weight excluding hydrogens is 348 g/mol. The molecule has 1 aromatic rings. The summed E-state index contributed by atoms with van der Waals surface area (Å²) in [6.07, 6.45) is 3.57. The predicted octanol–water partition coefficient (Wildman–Crippen LogP) is 0.532.